The number of aliphatic hydroxyl groups excluding tert-OH is 4. The summed E-state index contributed by atoms with van der Waals surface area (Å²) in [7, 11) is 0. The van der Waals surface area contributed by atoms with E-state index in [4.69, 9.17) is 18.3 Å². The van der Waals surface area contributed by atoms with Crippen molar-refractivity contribution in [3.8, 4) is 0 Å². The van der Waals surface area contributed by atoms with Crippen LogP contribution in [-0.2, 0) is 9.47 Å². The van der Waals surface area contributed by atoms with E-state index in [2.05, 4.69) is 39.8 Å². The van der Waals surface area contributed by atoms with Gasteiger partial charge in [-0.2, -0.15) is 0 Å². The van der Waals surface area contributed by atoms with Gasteiger partial charge in [-0.25, -0.2) is 9.59 Å². The highest BCUT2D eigenvalue weighted by Gasteiger charge is 2.68. The Bertz CT molecular complexity index is 2300. The van der Waals surface area contributed by atoms with Crippen LogP contribution in [0, 0.1) is 45.3 Å². The Balaban J connectivity index is 0.000000162. The number of rotatable bonds is 4. The number of hydrogen-bond donors (Lipinski definition) is 6. The van der Waals surface area contributed by atoms with Gasteiger partial charge in [-0.05, 0) is 179 Å². The lowest BCUT2D eigenvalue weighted by Gasteiger charge is -2.62. The van der Waals surface area contributed by atoms with Crippen LogP contribution in [0.2, 0.25) is 0 Å². The topological polar surface area (TPSA) is 200 Å². The molecule has 5 unspecified atom stereocenters. The van der Waals surface area contributed by atoms with Crippen LogP contribution in [0.5, 0.6) is 0 Å². The molecule has 0 spiro atoms. The molecule has 6 saturated carbocycles. The van der Waals surface area contributed by atoms with Gasteiger partial charge in [0.15, 0.2) is 6.29 Å². The molecule has 0 aromatic carbocycles. The molecule has 19 atom stereocenters. The summed E-state index contributed by atoms with van der Waals surface area (Å²) in [5.74, 6) is 1.80. The van der Waals surface area contributed by atoms with E-state index >= 15 is 0 Å². The Morgan fingerprint density at radius 2 is 1.06 bits per heavy atom. The van der Waals surface area contributed by atoms with Crippen molar-refractivity contribution in [3.63, 3.8) is 0 Å². The Morgan fingerprint density at radius 1 is 0.561 bits per heavy atom. The van der Waals surface area contributed by atoms with Gasteiger partial charge >= 0.3 is 11.3 Å². The zero-order valence-corrected chi connectivity index (χ0v) is 39.6. The molecule has 11 rings (SSSR count). The summed E-state index contributed by atoms with van der Waals surface area (Å²) < 4.78 is 22.2. The van der Waals surface area contributed by atoms with E-state index in [1.54, 1.807) is 19.5 Å². The van der Waals surface area contributed by atoms with Crippen LogP contribution >= 0.6 is 0 Å². The summed E-state index contributed by atoms with van der Waals surface area (Å²) in [6.07, 6.45) is 16.5. The van der Waals surface area contributed by atoms with E-state index < -0.39 is 41.9 Å². The molecule has 12 nitrogen and oxygen atoms in total. The average Bonchev–Trinajstić information content (AvgIpc) is 3.74. The summed E-state index contributed by atoms with van der Waals surface area (Å²) in [6.45, 7) is 10.9. The second-order valence-electron chi connectivity index (χ2n) is 23.4. The first-order valence-corrected chi connectivity index (χ1v) is 25.3. The highest BCUT2D eigenvalue weighted by molar-refractivity contribution is 5.33. The lowest BCUT2D eigenvalue weighted by Crippen LogP contribution is -2.60. The molecule has 66 heavy (non-hydrogen) atoms. The van der Waals surface area contributed by atoms with Gasteiger partial charge in [0.2, 0.25) is 0 Å². The maximum absolute atomic E-state index is 12.4. The zero-order chi connectivity index (χ0) is 46.8. The summed E-state index contributed by atoms with van der Waals surface area (Å²) >= 11 is 0. The molecule has 1 saturated heterocycles. The maximum Gasteiger partial charge on any atom is 0.335 e. The molecule has 0 bridgehead atoms. The van der Waals surface area contributed by atoms with Crippen LogP contribution in [0.25, 0.3) is 0 Å². The van der Waals surface area contributed by atoms with Crippen LogP contribution in [0.15, 0.2) is 78.5 Å². The monoisotopic (exact) mass is 915 g/mol. The second-order valence-corrected chi connectivity index (χ2v) is 23.4. The molecular formula is C54H74O12. The molecule has 3 heterocycles. The van der Waals surface area contributed by atoms with Crippen LogP contribution in [0.3, 0.4) is 0 Å². The SMILES string of the molecule is C[C@@H]1OC(O[C@@H]2C=C3CCC4C(CC[C@]5(C)[C@@H](c6ccc(=O)oc6)CC[C@]45O)[C@@]3(C)CC2)[C@H](O)[C@H](O)[C@H]1O.C[C@]12CC[C@H](O)C=C1CCC1C2CC[C@]2(C)[C@@H](c3ccc(=O)oc3)CC[C@]12O. The Kier molecular flexibility index (Phi) is 11.8. The molecule has 7 fully saturated rings. The van der Waals surface area contributed by atoms with Crippen molar-refractivity contribution in [2.24, 2.45) is 45.3 Å². The van der Waals surface area contributed by atoms with E-state index in [9.17, 15) is 40.2 Å². The Morgan fingerprint density at radius 3 is 1.56 bits per heavy atom. The minimum atomic E-state index is -1.31. The fraction of sp³-hybridized carbons (Fsp3) is 0.741. The van der Waals surface area contributed by atoms with Gasteiger partial charge in [0.25, 0.3) is 0 Å². The molecule has 1 aliphatic heterocycles. The van der Waals surface area contributed by atoms with E-state index in [0.717, 1.165) is 114 Å². The van der Waals surface area contributed by atoms with Gasteiger partial charge in [-0.1, -0.05) is 51.0 Å². The molecule has 2 aromatic rings. The minimum Gasteiger partial charge on any atom is -0.431 e. The third kappa shape index (κ3) is 7.03. The first-order chi connectivity index (χ1) is 31.3. The summed E-state index contributed by atoms with van der Waals surface area (Å²) in [5, 5.41) is 65.3. The Labute approximate surface area is 388 Å². The number of fused-ring (bicyclic) bond motifs is 10. The highest BCUT2D eigenvalue weighted by atomic mass is 16.7. The lowest BCUT2D eigenvalue weighted by atomic mass is 9.45. The van der Waals surface area contributed by atoms with Crippen LogP contribution < -0.4 is 11.3 Å². The summed E-state index contributed by atoms with van der Waals surface area (Å²) in [4.78, 5) is 22.9. The first-order valence-electron chi connectivity index (χ1n) is 25.3. The average molecular weight is 915 g/mol. The number of allylic oxidation sites excluding steroid dienone is 2. The van der Waals surface area contributed by atoms with Gasteiger partial charge in [0.1, 0.15) is 18.3 Å². The third-order valence-electron chi connectivity index (χ3n) is 20.9. The van der Waals surface area contributed by atoms with Crippen molar-refractivity contribution >= 4 is 0 Å². The predicted molar refractivity (Wildman–Crippen MR) is 245 cm³/mol. The zero-order valence-electron chi connectivity index (χ0n) is 39.6. The molecular weight excluding hydrogens is 841 g/mol. The molecule has 6 N–H and O–H groups in total. The van der Waals surface area contributed by atoms with Gasteiger partial charge in [0, 0.05) is 23.0 Å². The number of ether oxygens (including phenoxy) is 2. The maximum atomic E-state index is 12.4. The Hall–Kier alpha value is -2.94. The standard InChI is InChI=1S/C30H42O8.C24H32O4/c1-16-24(32)25(33)26(34)27(37-16)38-19-8-11-28(2)18(14-19)5-6-22-21(28)9-12-29(3)20(10-13-30(22,29)35)17-4-7-23(31)36-15-17;1-22-10-7-17(25)13-16(22)4-5-20-19(22)8-11-23(2)18(9-12-24(20,23)27)15-3-6-21(26)28-14-15/h4,7,14-16,19-22,24-27,32-35H,5-6,8-13H2,1-3H3;3,6,13-14,17-20,25,27H,4-5,7-12H2,1-2H3/t16-,19-,20+,21?,22?,24-,25+,26+,27?,28-,29+,30-;17-,18+,19?,20?,22-,23+,24-/m00/s1. The van der Waals surface area contributed by atoms with Gasteiger partial charge in [0.05, 0.1) is 42.0 Å². The molecule has 0 radical (unpaired) electrons. The van der Waals surface area contributed by atoms with Crippen molar-refractivity contribution in [2.45, 2.75) is 203 Å². The highest BCUT2D eigenvalue weighted by Crippen LogP contribution is 2.72. The van der Waals surface area contributed by atoms with Gasteiger partial charge < -0.3 is 48.9 Å². The normalized spacial score (nSPS) is 49.3. The smallest absolute Gasteiger partial charge is 0.335 e. The largest absolute Gasteiger partial charge is 0.431 e. The molecule has 12 heteroatoms. The summed E-state index contributed by atoms with van der Waals surface area (Å²) in [5.41, 5.74) is 2.44. The van der Waals surface area contributed by atoms with Crippen LogP contribution in [0.4, 0.5) is 0 Å². The van der Waals surface area contributed by atoms with Crippen molar-refractivity contribution in [1.82, 2.24) is 0 Å². The van der Waals surface area contributed by atoms with E-state index in [0.29, 0.717) is 17.8 Å². The number of hydrogen-bond acceptors (Lipinski definition) is 12. The van der Waals surface area contributed by atoms with Crippen LogP contribution in [0.1, 0.15) is 160 Å². The third-order valence-corrected chi connectivity index (χ3v) is 20.9. The molecule has 0 amide bonds. The van der Waals surface area contributed by atoms with Crippen molar-refractivity contribution in [2.75, 3.05) is 0 Å². The first kappa shape index (κ1) is 46.8. The van der Waals surface area contributed by atoms with Crippen LogP contribution in [-0.4, -0.2) is 84.8 Å². The quantitative estimate of drug-likeness (QED) is 0.169. The van der Waals surface area contributed by atoms with Crippen molar-refractivity contribution < 1.29 is 48.9 Å². The second kappa shape index (κ2) is 16.6. The molecule has 9 aliphatic rings. The molecule has 2 aromatic heterocycles. The van der Waals surface area contributed by atoms with E-state index in [1.807, 2.05) is 12.1 Å². The van der Waals surface area contributed by atoms with E-state index in [1.165, 1.54) is 23.3 Å². The number of aliphatic hydroxyl groups is 6. The van der Waals surface area contributed by atoms with Crippen molar-refractivity contribution in [3.05, 3.63) is 92.1 Å². The fourth-order valence-electron chi connectivity index (χ4n) is 17.0. The lowest BCUT2D eigenvalue weighted by molar-refractivity contribution is -0.301. The molecule has 362 valence electrons. The molecule has 8 aliphatic carbocycles. The van der Waals surface area contributed by atoms with E-state index in [-0.39, 0.29) is 62.9 Å². The fourth-order valence-corrected chi connectivity index (χ4v) is 17.0. The predicted octanol–water partition coefficient (Wildman–Crippen LogP) is 7.18. The van der Waals surface area contributed by atoms with Crippen molar-refractivity contribution in [1.29, 1.82) is 0 Å². The minimum absolute atomic E-state index is 0.0213. The van der Waals surface area contributed by atoms with Gasteiger partial charge in [-0.15, -0.1) is 0 Å². The van der Waals surface area contributed by atoms with Gasteiger partial charge in [-0.3, -0.25) is 0 Å². The summed E-state index contributed by atoms with van der Waals surface area (Å²) in [6, 6.07) is 6.76.